The van der Waals surface area contributed by atoms with E-state index in [9.17, 15) is 22.4 Å². The number of carbonyl (C=O) groups excluding carboxylic acids is 2. The Bertz CT molecular complexity index is 928. The fraction of sp³-hybridized carbons (Fsp3) is 0.176. The molecule has 0 fully saturated rings. The van der Waals surface area contributed by atoms with Crippen LogP contribution in [0.4, 0.5) is 10.1 Å². The Morgan fingerprint density at radius 2 is 1.62 bits per heavy atom. The monoisotopic (exact) mass is 381 g/mol. The quantitative estimate of drug-likeness (QED) is 0.711. The highest BCUT2D eigenvalue weighted by Gasteiger charge is 2.32. The number of methoxy groups -OCH3 is 2. The molecule has 0 spiro atoms. The molecule has 0 saturated heterocycles. The summed E-state index contributed by atoms with van der Waals surface area (Å²) in [4.78, 5) is 23.2. The van der Waals surface area contributed by atoms with Gasteiger partial charge in [-0.2, -0.15) is 0 Å². The molecule has 7 nitrogen and oxygen atoms in total. The van der Waals surface area contributed by atoms with E-state index in [0.717, 1.165) is 20.3 Å². The fourth-order valence-electron chi connectivity index (χ4n) is 2.22. The third-order valence-electron chi connectivity index (χ3n) is 3.48. The number of hydrogen-bond acceptors (Lipinski definition) is 6. The SMILES string of the molecule is COC(=O)CN(c1ccccc1F)S(=O)(=O)c1ccccc1C(=O)OC. The number of rotatable bonds is 6. The predicted octanol–water partition coefficient (Wildman–Crippen LogP) is 1.98. The Kier molecular flexibility index (Phi) is 5.93. The van der Waals surface area contributed by atoms with Gasteiger partial charge in [-0.1, -0.05) is 24.3 Å². The van der Waals surface area contributed by atoms with Crippen LogP contribution in [0.3, 0.4) is 0 Å². The molecule has 0 unspecified atom stereocenters. The van der Waals surface area contributed by atoms with Crippen molar-refractivity contribution in [3.05, 3.63) is 59.9 Å². The number of benzene rings is 2. The summed E-state index contributed by atoms with van der Waals surface area (Å²) in [6.07, 6.45) is 0. The number of anilines is 1. The number of esters is 2. The minimum Gasteiger partial charge on any atom is -0.468 e. The number of nitrogens with zero attached hydrogens (tertiary/aromatic N) is 1. The molecule has 0 aliphatic heterocycles. The molecule has 26 heavy (non-hydrogen) atoms. The lowest BCUT2D eigenvalue weighted by molar-refractivity contribution is -0.138. The van der Waals surface area contributed by atoms with Crippen molar-refractivity contribution >= 4 is 27.6 Å². The Hall–Kier alpha value is -2.94. The molecule has 0 aliphatic rings. The lowest BCUT2D eigenvalue weighted by atomic mass is 10.2. The van der Waals surface area contributed by atoms with E-state index in [1.807, 2.05) is 0 Å². The van der Waals surface area contributed by atoms with Crippen molar-refractivity contribution in [3.8, 4) is 0 Å². The van der Waals surface area contributed by atoms with Gasteiger partial charge in [0.05, 0.1) is 25.5 Å². The van der Waals surface area contributed by atoms with Gasteiger partial charge in [-0.15, -0.1) is 0 Å². The van der Waals surface area contributed by atoms with Gasteiger partial charge in [0.15, 0.2) is 0 Å². The number of halogens is 1. The van der Waals surface area contributed by atoms with Crippen LogP contribution in [-0.2, 0) is 24.3 Å². The lowest BCUT2D eigenvalue weighted by Gasteiger charge is -2.24. The minimum absolute atomic E-state index is 0.235. The van der Waals surface area contributed by atoms with Gasteiger partial charge in [-0.25, -0.2) is 17.6 Å². The van der Waals surface area contributed by atoms with Crippen LogP contribution in [0.2, 0.25) is 0 Å². The first kappa shape index (κ1) is 19.4. The van der Waals surface area contributed by atoms with Gasteiger partial charge in [0.2, 0.25) is 0 Å². The van der Waals surface area contributed by atoms with Gasteiger partial charge in [0.25, 0.3) is 10.0 Å². The van der Waals surface area contributed by atoms with E-state index in [4.69, 9.17) is 0 Å². The molecule has 0 amide bonds. The standard InChI is InChI=1S/C17H16FNO6S/c1-24-16(20)11-19(14-9-5-4-8-13(14)18)26(22,23)15-10-6-3-7-12(15)17(21)25-2/h3-10H,11H2,1-2H3. The number of para-hydroxylation sites is 1. The molecular weight excluding hydrogens is 365 g/mol. The molecule has 0 bridgehead atoms. The Morgan fingerprint density at radius 3 is 2.23 bits per heavy atom. The summed E-state index contributed by atoms with van der Waals surface area (Å²) in [5.74, 6) is -2.63. The Balaban J connectivity index is 2.66. The number of carbonyl (C=O) groups is 2. The molecule has 138 valence electrons. The van der Waals surface area contributed by atoms with Crippen LogP contribution >= 0.6 is 0 Å². The van der Waals surface area contributed by atoms with Gasteiger partial charge in [0.1, 0.15) is 17.3 Å². The first-order valence-corrected chi connectivity index (χ1v) is 8.78. The van der Waals surface area contributed by atoms with E-state index in [1.54, 1.807) is 0 Å². The fourth-order valence-corrected chi connectivity index (χ4v) is 3.82. The number of sulfonamides is 1. The van der Waals surface area contributed by atoms with E-state index in [1.165, 1.54) is 42.5 Å². The highest BCUT2D eigenvalue weighted by Crippen LogP contribution is 2.28. The third-order valence-corrected chi connectivity index (χ3v) is 5.30. The maximum atomic E-state index is 14.2. The smallest absolute Gasteiger partial charge is 0.339 e. The summed E-state index contributed by atoms with van der Waals surface area (Å²) < 4.78 is 50.1. The molecule has 0 atom stereocenters. The molecule has 9 heteroatoms. The highest BCUT2D eigenvalue weighted by atomic mass is 32.2. The number of hydrogen-bond donors (Lipinski definition) is 0. The molecular formula is C17H16FNO6S. The Morgan fingerprint density at radius 1 is 1.00 bits per heavy atom. The first-order chi connectivity index (χ1) is 12.3. The topological polar surface area (TPSA) is 90.0 Å². The summed E-state index contributed by atoms with van der Waals surface area (Å²) >= 11 is 0. The zero-order chi connectivity index (χ0) is 19.3. The average Bonchev–Trinajstić information content (AvgIpc) is 2.65. The van der Waals surface area contributed by atoms with Crippen LogP contribution in [0.25, 0.3) is 0 Å². The molecule has 0 aromatic heterocycles. The minimum atomic E-state index is -4.48. The van der Waals surface area contributed by atoms with Crippen molar-refractivity contribution in [1.29, 1.82) is 0 Å². The van der Waals surface area contributed by atoms with Crippen molar-refractivity contribution in [2.24, 2.45) is 0 Å². The van der Waals surface area contributed by atoms with Gasteiger partial charge in [0, 0.05) is 0 Å². The van der Waals surface area contributed by atoms with Crippen LogP contribution < -0.4 is 4.31 Å². The molecule has 2 aromatic rings. The second kappa shape index (κ2) is 7.96. The normalized spacial score (nSPS) is 10.9. The zero-order valence-corrected chi connectivity index (χ0v) is 14.8. The van der Waals surface area contributed by atoms with E-state index in [-0.39, 0.29) is 11.3 Å². The summed E-state index contributed by atoms with van der Waals surface area (Å²) in [5.41, 5.74) is -0.584. The van der Waals surface area contributed by atoms with Crippen molar-refractivity contribution < 1.29 is 31.9 Å². The summed E-state index contributed by atoms with van der Waals surface area (Å²) in [7, 11) is -2.29. The predicted molar refractivity (Wildman–Crippen MR) is 90.7 cm³/mol. The third kappa shape index (κ3) is 3.83. The van der Waals surface area contributed by atoms with Crippen molar-refractivity contribution in [2.75, 3.05) is 25.1 Å². The zero-order valence-electron chi connectivity index (χ0n) is 14.0. The molecule has 2 aromatic carbocycles. The maximum absolute atomic E-state index is 14.2. The molecule has 0 N–H and O–H groups in total. The summed E-state index contributed by atoms with van der Waals surface area (Å²) in [6, 6.07) is 10.4. The van der Waals surface area contributed by atoms with E-state index < -0.39 is 39.2 Å². The molecule has 2 rings (SSSR count). The van der Waals surface area contributed by atoms with Gasteiger partial charge in [-0.05, 0) is 24.3 Å². The lowest BCUT2D eigenvalue weighted by Crippen LogP contribution is -2.37. The van der Waals surface area contributed by atoms with E-state index in [0.29, 0.717) is 4.31 Å². The highest BCUT2D eigenvalue weighted by molar-refractivity contribution is 7.93. The van der Waals surface area contributed by atoms with Crippen LogP contribution in [0.5, 0.6) is 0 Å². The van der Waals surface area contributed by atoms with Crippen molar-refractivity contribution in [3.63, 3.8) is 0 Å². The van der Waals surface area contributed by atoms with Crippen LogP contribution in [0.1, 0.15) is 10.4 Å². The second-order valence-corrected chi connectivity index (χ2v) is 6.86. The maximum Gasteiger partial charge on any atom is 0.339 e. The Labute approximate surface area is 150 Å². The van der Waals surface area contributed by atoms with E-state index in [2.05, 4.69) is 9.47 Å². The largest absolute Gasteiger partial charge is 0.468 e. The van der Waals surface area contributed by atoms with Gasteiger partial charge < -0.3 is 9.47 Å². The average molecular weight is 381 g/mol. The first-order valence-electron chi connectivity index (χ1n) is 7.34. The van der Waals surface area contributed by atoms with Gasteiger partial charge >= 0.3 is 11.9 Å². The second-order valence-electron chi connectivity index (χ2n) is 5.03. The van der Waals surface area contributed by atoms with Crippen LogP contribution in [0, 0.1) is 5.82 Å². The van der Waals surface area contributed by atoms with Gasteiger partial charge in [-0.3, -0.25) is 9.10 Å². The molecule has 0 heterocycles. The van der Waals surface area contributed by atoms with E-state index >= 15 is 0 Å². The van der Waals surface area contributed by atoms with Crippen LogP contribution in [-0.4, -0.2) is 41.1 Å². The number of ether oxygens (including phenoxy) is 2. The molecule has 0 aliphatic carbocycles. The molecule has 0 radical (unpaired) electrons. The molecule has 0 saturated carbocycles. The summed E-state index contributed by atoms with van der Waals surface area (Å²) in [5, 5.41) is 0. The van der Waals surface area contributed by atoms with Crippen molar-refractivity contribution in [2.45, 2.75) is 4.90 Å². The summed E-state index contributed by atoms with van der Waals surface area (Å²) in [6.45, 7) is -0.769. The van der Waals surface area contributed by atoms with Crippen LogP contribution in [0.15, 0.2) is 53.4 Å². The van der Waals surface area contributed by atoms with Crippen molar-refractivity contribution in [1.82, 2.24) is 0 Å².